The van der Waals surface area contributed by atoms with Gasteiger partial charge in [-0.1, -0.05) is 282 Å². The molecule has 0 aliphatic carbocycles. The zero-order valence-electron chi connectivity index (χ0n) is 47.8. The number of hydrogen-bond acceptors (Lipinski definition) is 6. The number of unbranched alkanes of at least 4 members (excludes halogenated alkanes) is 41. The molecule has 0 aromatic heterocycles. The molecule has 416 valence electrons. The van der Waals surface area contributed by atoms with E-state index in [-0.39, 0.29) is 31.1 Å². The number of ether oxygens (including phenoxy) is 3. The Morgan fingerprint density at radius 1 is 0.282 bits per heavy atom. The molecule has 0 saturated heterocycles. The molecule has 0 heterocycles. The summed E-state index contributed by atoms with van der Waals surface area (Å²) in [7, 11) is 0. The van der Waals surface area contributed by atoms with Gasteiger partial charge in [0.05, 0.1) is 0 Å². The van der Waals surface area contributed by atoms with Crippen molar-refractivity contribution in [3.05, 3.63) is 36.5 Å². The molecule has 0 fully saturated rings. The van der Waals surface area contributed by atoms with Gasteiger partial charge in [0.1, 0.15) is 13.2 Å². The first kappa shape index (κ1) is 68.6. The monoisotopic (exact) mass is 997 g/mol. The van der Waals surface area contributed by atoms with Crippen LogP contribution in [0.5, 0.6) is 0 Å². The van der Waals surface area contributed by atoms with Crippen molar-refractivity contribution in [2.45, 2.75) is 348 Å². The minimum Gasteiger partial charge on any atom is -0.462 e. The fourth-order valence-corrected chi connectivity index (χ4v) is 9.35. The van der Waals surface area contributed by atoms with Crippen molar-refractivity contribution >= 4 is 17.9 Å². The van der Waals surface area contributed by atoms with Crippen LogP contribution in [0.15, 0.2) is 36.5 Å². The minimum atomic E-state index is -0.771. The second kappa shape index (κ2) is 60.2. The van der Waals surface area contributed by atoms with Crippen LogP contribution >= 0.6 is 0 Å². The molecule has 0 rings (SSSR count). The van der Waals surface area contributed by atoms with E-state index in [4.69, 9.17) is 14.2 Å². The van der Waals surface area contributed by atoms with Crippen LogP contribution in [-0.4, -0.2) is 37.2 Å². The van der Waals surface area contributed by atoms with E-state index in [0.717, 1.165) is 70.6 Å². The molecule has 0 aromatic rings. The van der Waals surface area contributed by atoms with E-state index in [1.54, 1.807) is 0 Å². The van der Waals surface area contributed by atoms with Crippen LogP contribution in [0, 0.1) is 0 Å². The van der Waals surface area contributed by atoms with E-state index in [2.05, 4.69) is 57.2 Å². The molecular formula is C65H120O6. The van der Waals surface area contributed by atoms with Crippen molar-refractivity contribution in [2.75, 3.05) is 13.2 Å². The van der Waals surface area contributed by atoms with Gasteiger partial charge in [0, 0.05) is 19.3 Å². The fourth-order valence-electron chi connectivity index (χ4n) is 9.35. The highest BCUT2D eigenvalue weighted by atomic mass is 16.6. The van der Waals surface area contributed by atoms with Gasteiger partial charge in [0.25, 0.3) is 0 Å². The summed E-state index contributed by atoms with van der Waals surface area (Å²) in [6, 6.07) is 0. The maximum absolute atomic E-state index is 12.8. The highest BCUT2D eigenvalue weighted by molar-refractivity contribution is 5.71. The summed E-state index contributed by atoms with van der Waals surface area (Å²) >= 11 is 0. The van der Waals surface area contributed by atoms with Crippen molar-refractivity contribution in [2.24, 2.45) is 0 Å². The molecular weight excluding hydrogens is 877 g/mol. The van der Waals surface area contributed by atoms with Gasteiger partial charge in [-0.15, -0.1) is 0 Å². The van der Waals surface area contributed by atoms with E-state index in [1.807, 2.05) is 0 Å². The molecule has 0 N–H and O–H groups in total. The van der Waals surface area contributed by atoms with Crippen molar-refractivity contribution in [3.63, 3.8) is 0 Å². The second-order valence-corrected chi connectivity index (χ2v) is 21.3. The quantitative estimate of drug-likeness (QED) is 0.0261. The molecule has 0 saturated carbocycles. The van der Waals surface area contributed by atoms with Gasteiger partial charge in [-0.25, -0.2) is 0 Å². The highest BCUT2D eigenvalue weighted by Gasteiger charge is 2.19. The van der Waals surface area contributed by atoms with Crippen LogP contribution in [0.25, 0.3) is 0 Å². The number of allylic oxidation sites excluding steroid dienone is 6. The van der Waals surface area contributed by atoms with E-state index < -0.39 is 6.10 Å². The zero-order chi connectivity index (χ0) is 51.4. The van der Waals surface area contributed by atoms with E-state index in [9.17, 15) is 14.4 Å². The van der Waals surface area contributed by atoms with E-state index in [0.29, 0.717) is 19.3 Å². The SMILES string of the molecule is CCCCC/C=C\C/C=C\CCCCCCCCCC(=O)OC(COC(=O)CCCCCCCCC)COC(=O)CCCCCCCCCCCCCCCCCCC/C=C\CCCCCCCCCC. The van der Waals surface area contributed by atoms with E-state index >= 15 is 0 Å². The first-order valence-electron chi connectivity index (χ1n) is 31.5. The molecule has 1 unspecified atom stereocenters. The molecule has 1 atom stereocenters. The second-order valence-electron chi connectivity index (χ2n) is 21.3. The summed E-state index contributed by atoms with van der Waals surface area (Å²) in [5, 5.41) is 0. The van der Waals surface area contributed by atoms with E-state index in [1.165, 1.54) is 231 Å². The molecule has 0 radical (unpaired) electrons. The Kier molecular flexibility index (Phi) is 58.2. The zero-order valence-corrected chi connectivity index (χ0v) is 47.8. The number of carbonyl (C=O) groups is 3. The number of rotatable bonds is 58. The minimum absolute atomic E-state index is 0.0715. The lowest BCUT2D eigenvalue weighted by Crippen LogP contribution is -2.30. The Labute approximate surface area is 442 Å². The third-order valence-corrected chi connectivity index (χ3v) is 14.1. The Morgan fingerprint density at radius 3 is 0.817 bits per heavy atom. The van der Waals surface area contributed by atoms with Gasteiger partial charge in [-0.05, 0) is 77.0 Å². The highest BCUT2D eigenvalue weighted by Crippen LogP contribution is 2.17. The molecule has 0 amide bonds. The summed E-state index contributed by atoms with van der Waals surface area (Å²) in [5.74, 6) is -0.868. The van der Waals surface area contributed by atoms with Gasteiger partial charge in [0.2, 0.25) is 0 Å². The standard InChI is InChI=1S/C65H120O6/c1-4-7-10-13-16-18-20-22-24-26-27-28-29-30-31-32-33-34-35-36-37-39-40-42-44-46-49-52-55-58-64(67)70-61-62(60-69-63(66)57-54-51-48-15-12-9-6-3)71-65(68)59-56-53-50-47-45-43-41-38-25-23-21-19-17-14-11-8-5-2/h17,19,23,25-27,62H,4-16,18,20-22,24,28-61H2,1-3H3/b19-17-,25-23-,27-26-. The predicted molar refractivity (Wildman–Crippen MR) is 307 cm³/mol. The normalized spacial score (nSPS) is 12.2. The first-order chi connectivity index (χ1) is 35.0. The summed E-state index contributed by atoms with van der Waals surface area (Å²) in [6.45, 7) is 6.61. The summed E-state index contributed by atoms with van der Waals surface area (Å²) in [5.41, 5.74) is 0. The third-order valence-electron chi connectivity index (χ3n) is 14.1. The molecule has 71 heavy (non-hydrogen) atoms. The van der Waals surface area contributed by atoms with Crippen molar-refractivity contribution in [1.29, 1.82) is 0 Å². The Morgan fingerprint density at radius 2 is 0.507 bits per heavy atom. The van der Waals surface area contributed by atoms with Crippen LogP contribution in [-0.2, 0) is 28.6 Å². The smallest absolute Gasteiger partial charge is 0.306 e. The molecule has 0 spiro atoms. The predicted octanol–water partition coefficient (Wildman–Crippen LogP) is 21.2. The lowest BCUT2D eigenvalue weighted by molar-refractivity contribution is -0.167. The summed E-state index contributed by atoms with van der Waals surface area (Å²) in [4.78, 5) is 38.0. The third kappa shape index (κ3) is 58.4. The van der Waals surface area contributed by atoms with Gasteiger partial charge in [-0.2, -0.15) is 0 Å². The molecule has 0 aliphatic rings. The van der Waals surface area contributed by atoms with Gasteiger partial charge >= 0.3 is 17.9 Å². The number of carbonyl (C=O) groups excluding carboxylic acids is 3. The fraction of sp³-hybridized carbons (Fsp3) is 0.862. The topological polar surface area (TPSA) is 78.9 Å². The van der Waals surface area contributed by atoms with Crippen molar-refractivity contribution < 1.29 is 28.6 Å². The van der Waals surface area contributed by atoms with Crippen LogP contribution in [0.2, 0.25) is 0 Å². The number of esters is 3. The van der Waals surface area contributed by atoms with Crippen LogP contribution in [0.4, 0.5) is 0 Å². The van der Waals surface area contributed by atoms with Crippen LogP contribution < -0.4 is 0 Å². The number of hydrogen-bond donors (Lipinski definition) is 0. The Hall–Kier alpha value is -2.37. The summed E-state index contributed by atoms with van der Waals surface area (Å²) in [6.07, 6.45) is 73.3. The maximum atomic E-state index is 12.8. The molecule has 0 aromatic carbocycles. The summed E-state index contributed by atoms with van der Waals surface area (Å²) < 4.78 is 16.8. The maximum Gasteiger partial charge on any atom is 0.306 e. The van der Waals surface area contributed by atoms with Crippen molar-refractivity contribution in [1.82, 2.24) is 0 Å². The lowest BCUT2D eigenvalue weighted by Gasteiger charge is -2.18. The van der Waals surface area contributed by atoms with Crippen LogP contribution in [0.1, 0.15) is 342 Å². The first-order valence-corrected chi connectivity index (χ1v) is 31.5. The largest absolute Gasteiger partial charge is 0.462 e. The average molecular weight is 998 g/mol. The van der Waals surface area contributed by atoms with Gasteiger partial charge < -0.3 is 14.2 Å². The molecule has 6 heteroatoms. The van der Waals surface area contributed by atoms with Crippen LogP contribution in [0.3, 0.4) is 0 Å². The average Bonchev–Trinajstić information content (AvgIpc) is 3.37. The molecule has 0 aliphatic heterocycles. The molecule has 6 nitrogen and oxygen atoms in total. The lowest BCUT2D eigenvalue weighted by atomic mass is 10.0. The Balaban J connectivity index is 4.04. The van der Waals surface area contributed by atoms with Crippen molar-refractivity contribution in [3.8, 4) is 0 Å². The Bertz CT molecular complexity index is 1190. The molecule has 0 bridgehead atoms. The van der Waals surface area contributed by atoms with Gasteiger partial charge in [0.15, 0.2) is 6.10 Å². The van der Waals surface area contributed by atoms with Gasteiger partial charge in [-0.3, -0.25) is 14.4 Å².